The molecule has 1 aromatic heterocycles. The number of ether oxygens (including phenoxy) is 1. The van der Waals surface area contributed by atoms with Crippen LogP contribution in [0.25, 0.3) is 0 Å². The SMILES string of the molecule is Cc1ccc(OC2CCN(C(=O)c3ccc(Br)cc3)CC2)nn1. The Morgan fingerprint density at radius 2 is 1.83 bits per heavy atom. The summed E-state index contributed by atoms with van der Waals surface area (Å²) >= 11 is 3.38. The van der Waals surface area contributed by atoms with E-state index in [2.05, 4.69) is 26.1 Å². The minimum absolute atomic E-state index is 0.0751. The number of carbonyl (C=O) groups excluding carboxylic acids is 1. The highest BCUT2D eigenvalue weighted by Crippen LogP contribution is 2.19. The zero-order valence-electron chi connectivity index (χ0n) is 12.9. The van der Waals surface area contributed by atoms with E-state index in [9.17, 15) is 4.79 Å². The number of amides is 1. The average molecular weight is 376 g/mol. The number of benzene rings is 1. The summed E-state index contributed by atoms with van der Waals surface area (Å²) in [5.41, 5.74) is 1.59. The third kappa shape index (κ3) is 4.07. The molecule has 0 atom stereocenters. The van der Waals surface area contributed by atoms with Crippen molar-refractivity contribution >= 4 is 21.8 Å². The van der Waals surface area contributed by atoms with Gasteiger partial charge in [-0.25, -0.2) is 0 Å². The molecule has 0 radical (unpaired) electrons. The molecule has 6 heteroatoms. The summed E-state index contributed by atoms with van der Waals surface area (Å²) in [6.07, 6.45) is 1.69. The highest BCUT2D eigenvalue weighted by atomic mass is 79.9. The number of aryl methyl sites for hydroxylation is 1. The Morgan fingerprint density at radius 3 is 2.43 bits per heavy atom. The summed E-state index contributed by atoms with van der Waals surface area (Å²) in [6.45, 7) is 3.28. The summed E-state index contributed by atoms with van der Waals surface area (Å²) in [6, 6.07) is 11.2. The number of carbonyl (C=O) groups is 1. The van der Waals surface area contributed by atoms with E-state index in [4.69, 9.17) is 4.74 Å². The Bertz CT molecular complexity index is 665. The van der Waals surface area contributed by atoms with Crippen molar-refractivity contribution in [3.05, 3.63) is 52.1 Å². The third-order valence-corrected chi connectivity index (χ3v) is 4.41. The Balaban J connectivity index is 1.54. The fourth-order valence-corrected chi connectivity index (χ4v) is 2.84. The fraction of sp³-hybridized carbons (Fsp3) is 0.353. The van der Waals surface area contributed by atoms with Crippen molar-refractivity contribution in [2.45, 2.75) is 25.9 Å². The van der Waals surface area contributed by atoms with Gasteiger partial charge in [0.1, 0.15) is 6.10 Å². The van der Waals surface area contributed by atoms with Gasteiger partial charge in [0.2, 0.25) is 5.88 Å². The molecule has 1 amide bonds. The van der Waals surface area contributed by atoms with Crippen molar-refractivity contribution in [1.29, 1.82) is 0 Å². The lowest BCUT2D eigenvalue weighted by Crippen LogP contribution is -2.41. The van der Waals surface area contributed by atoms with Crippen LogP contribution >= 0.6 is 15.9 Å². The molecule has 1 saturated heterocycles. The molecule has 1 aliphatic rings. The first-order valence-corrected chi connectivity index (χ1v) is 8.43. The molecule has 0 saturated carbocycles. The molecule has 3 rings (SSSR count). The van der Waals surface area contributed by atoms with Gasteiger partial charge in [0.05, 0.1) is 5.69 Å². The van der Waals surface area contributed by atoms with Gasteiger partial charge in [0, 0.05) is 42.0 Å². The van der Waals surface area contributed by atoms with E-state index >= 15 is 0 Å². The van der Waals surface area contributed by atoms with Crippen molar-refractivity contribution < 1.29 is 9.53 Å². The maximum Gasteiger partial charge on any atom is 0.253 e. The number of aromatic nitrogens is 2. The van der Waals surface area contributed by atoms with Gasteiger partial charge in [-0.05, 0) is 37.3 Å². The van der Waals surface area contributed by atoms with E-state index in [1.165, 1.54) is 0 Å². The lowest BCUT2D eigenvalue weighted by atomic mass is 10.1. The Morgan fingerprint density at radius 1 is 1.13 bits per heavy atom. The van der Waals surface area contributed by atoms with Crippen LogP contribution in [0.3, 0.4) is 0 Å². The highest BCUT2D eigenvalue weighted by Gasteiger charge is 2.25. The molecule has 1 aromatic carbocycles. The molecule has 23 heavy (non-hydrogen) atoms. The van der Waals surface area contributed by atoms with Crippen LogP contribution in [0.2, 0.25) is 0 Å². The number of hydrogen-bond donors (Lipinski definition) is 0. The zero-order chi connectivity index (χ0) is 16.2. The van der Waals surface area contributed by atoms with Crippen molar-refractivity contribution in [2.75, 3.05) is 13.1 Å². The Labute approximate surface area is 143 Å². The van der Waals surface area contributed by atoms with Crippen molar-refractivity contribution in [1.82, 2.24) is 15.1 Å². The Hall–Kier alpha value is -1.95. The zero-order valence-corrected chi connectivity index (χ0v) is 14.5. The summed E-state index contributed by atoms with van der Waals surface area (Å²) in [5.74, 6) is 0.624. The molecular formula is C17H18BrN3O2. The van der Waals surface area contributed by atoms with E-state index in [1.54, 1.807) is 0 Å². The smallest absolute Gasteiger partial charge is 0.253 e. The molecule has 5 nitrogen and oxygen atoms in total. The predicted molar refractivity (Wildman–Crippen MR) is 90.5 cm³/mol. The van der Waals surface area contributed by atoms with E-state index in [0.29, 0.717) is 19.0 Å². The van der Waals surface area contributed by atoms with Gasteiger partial charge in [0.15, 0.2) is 0 Å². The van der Waals surface area contributed by atoms with Gasteiger partial charge in [-0.1, -0.05) is 15.9 Å². The number of piperidine rings is 1. The maximum atomic E-state index is 12.5. The van der Waals surface area contributed by atoms with Gasteiger partial charge in [-0.3, -0.25) is 4.79 Å². The minimum Gasteiger partial charge on any atom is -0.473 e. The Kier molecular flexibility index (Phi) is 4.91. The molecule has 2 heterocycles. The van der Waals surface area contributed by atoms with Gasteiger partial charge >= 0.3 is 0 Å². The number of hydrogen-bond acceptors (Lipinski definition) is 4. The van der Waals surface area contributed by atoms with Crippen LogP contribution in [0.4, 0.5) is 0 Å². The standard InChI is InChI=1S/C17H18BrN3O2/c1-12-2-7-16(20-19-12)23-15-8-10-21(11-9-15)17(22)13-3-5-14(18)6-4-13/h2-7,15H,8-11H2,1H3. The first-order chi connectivity index (χ1) is 11.1. The number of halogens is 1. The van der Waals surface area contributed by atoms with Crippen LogP contribution in [0.5, 0.6) is 5.88 Å². The topological polar surface area (TPSA) is 55.3 Å². The van der Waals surface area contributed by atoms with E-state index in [-0.39, 0.29) is 12.0 Å². The molecule has 2 aromatic rings. The van der Waals surface area contributed by atoms with Crippen LogP contribution in [-0.2, 0) is 0 Å². The number of nitrogens with zero attached hydrogens (tertiary/aromatic N) is 3. The molecule has 0 aliphatic carbocycles. The van der Waals surface area contributed by atoms with Crippen molar-refractivity contribution in [2.24, 2.45) is 0 Å². The molecule has 0 N–H and O–H groups in total. The van der Waals surface area contributed by atoms with Gasteiger partial charge in [-0.15, -0.1) is 5.10 Å². The van der Waals surface area contributed by atoms with Crippen molar-refractivity contribution in [3.63, 3.8) is 0 Å². The largest absolute Gasteiger partial charge is 0.473 e. The van der Waals surface area contributed by atoms with Gasteiger partial charge < -0.3 is 9.64 Å². The van der Waals surface area contributed by atoms with Crippen LogP contribution in [-0.4, -0.2) is 40.2 Å². The summed E-state index contributed by atoms with van der Waals surface area (Å²) in [4.78, 5) is 14.3. The maximum absolute atomic E-state index is 12.5. The predicted octanol–water partition coefficient (Wildman–Crippen LogP) is 3.23. The van der Waals surface area contributed by atoms with Crippen LogP contribution < -0.4 is 4.74 Å². The van der Waals surface area contributed by atoms with Crippen molar-refractivity contribution in [3.8, 4) is 5.88 Å². The highest BCUT2D eigenvalue weighted by molar-refractivity contribution is 9.10. The molecule has 0 bridgehead atoms. The normalized spacial score (nSPS) is 15.5. The van der Waals surface area contributed by atoms with Crippen LogP contribution in [0.15, 0.2) is 40.9 Å². The molecular weight excluding hydrogens is 358 g/mol. The number of likely N-dealkylation sites (tertiary alicyclic amines) is 1. The molecule has 0 spiro atoms. The van der Waals surface area contributed by atoms with E-state index in [1.807, 2.05) is 48.2 Å². The second kappa shape index (κ2) is 7.08. The lowest BCUT2D eigenvalue weighted by Gasteiger charge is -2.31. The monoisotopic (exact) mass is 375 g/mol. The lowest BCUT2D eigenvalue weighted by molar-refractivity contribution is 0.0586. The molecule has 1 aliphatic heterocycles. The second-order valence-corrected chi connectivity index (χ2v) is 6.54. The van der Waals surface area contributed by atoms with Crippen LogP contribution in [0.1, 0.15) is 28.9 Å². The first kappa shape index (κ1) is 15.9. The second-order valence-electron chi connectivity index (χ2n) is 5.63. The first-order valence-electron chi connectivity index (χ1n) is 7.63. The average Bonchev–Trinajstić information content (AvgIpc) is 2.58. The fourth-order valence-electron chi connectivity index (χ4n) is 2.57. The van der Waals surface area contributed by atoms with E-state index in [0.717, 1.165) is 28.6 Å². The molecule has 1 fully saturated rings. The summed E-state index contributed by atoms with van der Waals surface area (Å²) < 4.78 is 6.81. The van der Waals surface area contributed by atoms with Gasteiger partial charge in [0.25, 0.3) is 5.91 Å². The van der Waals surface area contributed by atoms with E-state index < -0.39 is 0 Å². The third-order valence-electron chi connectivity index (χ3n) is 3.88. The number of rotatable bonds is 3. The molecule has 0 unspecified atom stereocenters. The van der Waals surface area contributed by atoms with Gasteiger partial charge in [-0.2, -0.15) is 5.10 Å². The minimum atomic E-state index is 0.0751. The summed E-state index contributed by atoms with van der Waals surface area (Å²) in [7, 11) is 0. The molecule has 120 valence electrons. The van der Waals surface area contributed by atoms with Crippen LogP contribution in [0, 0.1) is 6.92 Å². The summed E-state index contributed by atoms with van der Waals surface area (Å²) in [5, 5.41) is 8.02. The quantitative estimate of drug-likeness (QED) is 0.826.